The second-order valence-electron chi connectivity index (χ2n) is 11.1. The van der Waals surface area contributed by atoms with Crippen molar-refractivity contribution in [3.05, 3.63) is 0 Å². The normalized spacial score (nSPS) is 47.9. The van der Waals surface area contributed by atoms with Crippen molar-refractivity contribution in [3.63, 3.8) is 0 Å². The Morgan fingerprint density at radius 3 is 2.47 bits per heavy atom. The van der Waals surface area contributed by atoms with E-state index in [-0.39, 0.29) is 42.3 Å². The first-order valence-corrected chi connectivity index (χ1v) is 12.5. The van der Waals surface area contributed by atoms with Crippen LogP contribution in [0.1, 0.15) is 79.1 Å². The highest BCUT2D eigenvalue weighted by Crippen LogP contribution is 2.71. The van der Waals surface area contributed by atoms with E-state index in [1.807, 2.05) is 20.8 Å². The van der Waals surface area contributed by atoms with Crippen molar-refractivity contribution in [3.8, 4) is 0 Å². The van der Waals surface area contributed by atoms with Gasteiger partial charge in [-0.2, -0.15) is 0 Å². The van der Waals surface area contributed by atoms with Crippen molar-refractivity contribution >= 4 is 34.9 Å². The van der Waals surface area contributed by atoms with Crippen LogP contribution >= 0.6 is 11.6 Å². The van der Waals surface area contributed by atoms with Gasteiger partial charge in [-0.25, -0.2) is 4.39 Å². The number of carbonyl (C=O) groups is 4. The standard InChI is InChI=1S/C25H34ClFO5/c1-5-21(31)32-25(20(30)13-26)14(2)10-18-17-7-6-15-11-16(28)8-9-22(15,3)24(17,27)19(29)12-23(18,25)4/h14-15,17-18H,5-13H2,1-4H3/t14-,15+,17-,18-,22-,23-,24-,25+/m0/s1. The predicted molar refractivity (Wildman–Crippen MR) is 117 cm³/mol. The lowest BCUT2D eigenvalue weighted by molar-refractivity contribution is -0.215. The molecule has 7 heteroatoms. The average molecular weight is 469 g/mol. The van der Waals surface area contributed by atoms with E-state index >= 15 is 4.39 Å². The molecule has 0 heterocycles. The van der Waals surface area contributed by atoms with Crippen molar-refractivity contribution in [1.82, 2.24) is 0 Å². The van der Waals surface area contributed by atoms with E-state index in [9.17, 15) is 19.2 Å². The fourth-order valence-corrected chi connectivity index (χ4v) is 8.51. The van der Waals surface area contributed by atoms with Crippen LogP contribution in [0.15, 0.2) is 0 Å². The molecule has 4 aliphatic carbocycles. The maximum atomic E-state index is 17.2. The Kier molecular flexibility index (Phi) is 5.67. The number of fused-ring (bicyclic) bond motifs is 5. The van der Waals surface area contributed by atoms with E-state index in [1.165, 1.54) is 0 Å². The van der Waals surface area contributed by atoms with Crippen LogP contribution in [0.4, 0.5) is 4.39 Å². The summed E-state index contributed by atoms with van der Waals surface area (Å²) in [5, 5.41) is 0. The summed E-state index contributed by atoms with van der Waals surface area (Å²) < 4.78 is 23.1. The van der Waals surface area contributed by atoms with Gasteiger partial charge >= 0.3 is 5.97 Å². The second kappa shape index (κ2) is 7.61. The van der Waals surface area contributed by atoms with Crippen LogP contribution in [-0.4, -0.2) is 40.5 Å². The van der Waals surface area contributed by atoms with Crippen molar-refractivity contribution < 1.29 is 28.3 Å². The average Bonchev–Trinajstić information content (AvgIpc) is 2.96. The molecule has 0 aliphatic heterocycles. The van der Waals surface area contributed by atoms with E-state index in [4.69, 9.17) is 16.3 Å². The third-order valence-electron chi connectivity index (χ3n) is 9.95. The van der Waals surface area contributed by atoms with E-state index in [1.54, 1.807) is 6.92 Å². The van der Waals surface area contributed by atoms with Crippen LogP contribution in [0.25, 0.3) is 0 Å². The Balaban J connectivity index is 1.82. The summed E-state index contributed by atoms with van der Waals surface area (Å²) in [4.78, 5) is 51.6. The summed E-state index contributed by atoms with van der Waals surface area (Å²) >= 11 is 6.00. The largest absolute Gasteiger partial charge is 0.450 e. The molecule has 4 rings (SSSR count). The first-order valence-electron chi connectivity index (χ1n) is 12.0. The summed E-state index contributed by atoms with van der Waals surface area (Å²) in [6.07, 6.45) is 2.65. The Bertz CT molecular complexity index is 874. The molecule has 0 aromatic rings. The minimum atomic E-state index is -2.03. The molecule has 0 spiro atoms. The first-order chi connectivity index (χ1) is 14.9. The smallest absolute Gasteiger partial charge is 0.306 e. The maximum absolute atomic E-state index is 17.2. The van der Waals surface area contributed by atoms with Gasteiger partial charge in [0, 0.05) is 48.3 Å². The van der Waals surface area contributed by atoms with Gasteiger partial charge in [0.1, 0.15) is 5.78 Å². The second-order valence-corrected chi connectivity index (χ2v) is 11.4. The number of rotatable bonds is 4. The molecule has 178 valence electrons. The number of alkyl halides is 2. The molecular weight excluding hydrogens is 435 g/mol. The number of ether oxygens (including phenoxy) is 1. The molecule has 0 amide bonds. The zero-order valence-electron chi connectivity index (χ0n) is 19.5. The number of hydrogen-bond donors (Lipinski definition) is 0. The third-order valence-corrected chi connectivity index (χ3v) is 10.2. The number of Topliss-reactive ketones (excluding diaryl/α,β-unsaturated/α-hetero) is 3. The van der Waals surface area contributed by atoms with Crippen LogP contribution in [0, 0.1) is 34.5 Å². The summed E-state index contributed by atoms with van der Waals surface area (Å²) in [5.41, 5.74) is -5.44. The van der Waals surface area contributed by atoms with Crippen LogP contribution in [-0.2, 0) is 23.9 Å². The quantitative estimate of drug-likeness (QED) is 0.444. The van der Waals surface area contributed by atoms with Gasteiger partial charge in [0.05, 0.1) is 5.88 Å². The molecular formula is C25H34ClFO5. The van der Waals surface area contributed by atoms with Gasteiger partial charge in [-0.05, 0) is 37.5 Å². The van der Waals surface area contributed by atoms with Crippen molar-refractivity contribution in [2.75, 3.05) is 5.88 Å². The highest BCUT2D eigenvalue weighted by Gasteiger charge is 2.78. The summed E-state index contributed by atoms with van der Waals surface area (Å²) in [6.45, 7) is 7.19. The van der Waals surface area contributed by atoms with Crippen LogP contribution in [0.2, 0.25) is 0 Å². The third kappa shape index (κ3) is 2.74. The molecule has 4 fully saturated rings. The molecule has 8 atom stereocenters. The van der Waals surface area contributed by atoms with Crippen molar-refractivity contribution in [2.24, 2.45) is 34.5 Å². The minimum absolute atomic E-state index is 0.100. The van der Waals surface area contributed by atoms with E-state index in [0.29, 0.717) is 38.5 Å². The molecule has 5 nitrogen and oxygen atoms in total. The Labute approximate surface area is 194 Å². The molecule has 0 aromatic heterocycles. The fraction of sp³-hybridized carbons (Fsp3) is 0.840. The van der Waals surface area contributed by atoms with Crippen molar-refractivity contribution in [2.45, 2.75) is 90.3 Å². The molecule has 0 N–H and O–H groups in total. The number of carbonyl (C=O) groups excluding carboxylic acids is 4. The predicted octanol–water partition coefficient (Wildman–Crippen LogP) is 4.62. The number of halogens is 2. The minimum Gasteiger partial charge on any atom is -0.450 e. The molecule has 0 aromatic carbocycles. The Morgan fingerprint density at radius 2 is 1.84 bits per heavy atom. The topological polar surface area (TPSA) is 77.5 Å². The van der Waals surface area contributed by atoms with Crippen LogP contribution in [0.3, 0.4) is 0 Å². The monoisotopic (exact) mass is 468 g/mol. The Hall–Kier alpha value is -1.30. The van der Waals surface area contributed by atoms with Gasteiger partial charge in [-0.3, -0.25) is 19.2 Å². The van der Waals surface area contributed by atoms with Gasteiger partial charge in [-0.1, -0.05) is 27.7 Å². The lowest BCUT2D eigenvalue weighted by atomic mass is 9.42. The zero-order valence-corrected chi connectivity index (χ0v) is 20.2. The fourth-order valence-electron chi connectivity index (χ4n) is 8.31. The summed E-state index contributed by atoms with van der Waals surface area (Å²) in [6, 6.07) is 0. The zero-order chi connectivity index (χ0) is 23.7. The Morgan fingerprint density at radius 1 is 1.16 bits per heavy atom. The van der Waals surface area contributed by atoms with Gasteiger partial charge in [0.15, 0.2) is 22.8 Å². The lowest BCUT2D eigenvalue weighted by Gasteiger charge is -2.62. The number of ketones is 3. The van der Waals surface area contributed by atoms with Gasteiger partial charge in [0.25, 0.3) is 0 Å². The highest BCUT2D eigenvalue weighted by atomic mass is 35.5. The van der Waals surface area contributed by atoms with Gasteiger partial charge in [0.2, 0.25) is 0 Å². The van der Waals surface area contributed by atoms with E-state index in [0.717, 1.165) is 0 Å². The van der Waals surface area contributed by atoms with Crippen LogP contribution < -0.4 is 0 Å². The summed E-state index contributed by atoms with van der Waals surface area (Å²) in [5.74, 6) is -2.94. The van der Waals surface area contributed by atoms with Gasteiger partial charge in [-0.15, -0.1) is 11.6 Å². The number of hydrogen-bond acceptors (Lipinski definition) is 5. The summed E-state index contributed by atoms with van der Waals surface area (Å²) in [7, 11) is 0. The van der Waals surface area contributed by atoms with E-state index in [2.05, 4.69) is 0 Å². The molecule has 0 bridgehead atoms. The highest BCUT2D eigenvalue weighted by molar-refractivity contribution is 6.29. The molecule has 32 heavy (non-hydrogen) atoms. The number of esters is 1. The van der Waals surface area contributed by atoms with Gasteiger partial charge < -0.3 is 4.74 Å². The molecule has 4 saturated carbocycles. The molecule has 0 radical (unpaired) electrons. The van der Waals surface area contributed by atoms with Crippen molar-refractivity contribution in [1.29, 1.82) is 0 Å². The SMILES string of the molecule is CCC(=O)O[C@@]1(C(=O)CCl)[C@@H](C)C[C@H]2[C@@H]3CC[C@@H]4CC(=O)CC[C@]4(C)[C@@]3(F)C(=O)C[C@@]21C. The van der Waals surface area contributed by atoms with E-state index < -0.39 is 45.6 Å². The molecule has 0 unspecified atom stereocenters. The maximum Gasteiger partial charge on any atom is 0.306 e. The molecule has 0 saturated heterocycles. The molecule has 4 aliphatic rings. The lowest BCUT2D eigenvalue weighted by Crippen LogP contribution is -2.70. The van der Waals surface area contributed by atoms with Crippen LogP contribution in [0.5, 0.6) is 0 Å². The first kappa shape index (κ1) is 23.8.